The van der Waals surface area contributed by atoms with Crippen molar-refractivity contribution in [2.24, 2.45) is 0 Å². The number of rotatable bonds is 0. The lowest BCUT2D eigenvalue weighted by Crippen LogP contribution is -2.47. The predicted molar refractivity (Wildman–Crippen MR) is 273 cm³/mol. The summed E-state index contributed by atoms with van der Waals surface area (Å²) >= 11 is 0. The molecule has 4 heterocycles. The molecule has 0 radical (unpaired) electrons. The Morgan fingerprint density at radius 3 is 1.20 bits per heavy atom. The van der Waals surface area contributed by atoms with Crippen molar-refractivity contribution in [3.63, 3.8) is 0 Å². The Labute approximate surface area is 399 Å². The van der Waals surface area contributed by atoms with Crippen molar-refractivity contribution in [1.82, 2.24) is 0 Å². The first-order chi connectivity index (χ1) is 34.4. The standard InChI is InChI=1S/2C32H18O3/c33-21-14-11-19-13-16-27-30(23(19)17-21)32-25-10-4-7-20-6-3-9-24(28(20)25)31(32,35-27)29-22-8-2-1-5-18(22)12-15-26(29)34-32;33-21-14-11-19-13-16-27-30(23(19)17-21)31-24-9-3-6-20-7-4-10-25(28(20)24)32(31,35-27)34-26-15-12-18-5-1-2-8-22(18)29(26)31/h2*1-17,33H. The highest BCUT2D eigenvalue weighted by atomic mass is 16.7. The summed E-state index contributed by atoms with van der Waals surface area (Å²) in [5, 5.41) is 34.4. The molecule has 328 valence electrons. The zero-order chi connectivity index (χ0) is 45.9. The molecule has 4 aliphatic heterocycles. The molecule has 18 rings (SSSR count). The number of hydrogen-bond acceptors (Lipinski definition) is 6. The summed E-state index contributed by atoms with van der Waals surface area (Å²) in [4.78, 5) is 0. The number of phenolic OH excluding ortho intramolecular Hbond substituents is 2. The van der Waals surface area contributed by atoms with Gasteiger partial charge in [0.1, 0.15) is 39.9 Å². The van der Waals surface area contributed by atoms with Gasteiger partial charge >= 0.3 is 0 Å². The SMILES string of the molecule is Oc1ccc2ccc3c(c2c1)C12Oc4ccc5ccccc5c4C1(O3)c1cccc3cccc2c13.Oc1ccc2ccc3c(c2c1)C12c4c(ccc5ccccc45)OC1(O3)c1cccc3cccc2c13. The fraction of sp³-hybridized carbons (Fsp3) is 0.0625. The quantitative estimate of drug-likeness (QED) is 0.158. The van der Waals surface area contributed by atoms with Gasteiger partial charge in [-0.15, -0.1) is 0 Å². The van der Waals surface area contributed by atoms with Crippen LogP contribution in [0.4, 0.5) is 0 Å². The molecule has 0 saturated carbocycles. The smallest absolute Gasteiger partial charge is 0.296 e. The minimum atomic E-state index is -1.05. The maximum atomic E-state index is 10.6. The number of fused-ring (bicyclic) bond motifs is 12. The molecule has 0 aromatic heterocycles. The molecule has 2 aliphatic carbocycles. The molecule has 2 N–H and O–H groups in total. The van der Waals surface area contributed by atoms with Gasteiger partial charge in [-0.3, -0.25) is 0 Å². The second-order valence-corrected chi connectivity index (χ2v) is 19.6. The van der Waals surface area contributed by atoms with Gasteiger partial charge in [0.15, 0.2) is 0 Å². The molecule has 0 fully saturated rings. The highest BCUT2D eigenvalue weighted by molar-refractivity contribution is 6.06. The Bertz CT molecular complexity index is 4420. The summed E-state index contributed by atoms with van der Waals surface area (Å²) in [5.41, 5.74) is 6.25. The van der Waals surface area contributed by atoms with Crippen LogP contribution in [0.1, 0.15) is 44.5 Å². The summed E-state index contributed by atoms with van der Waals surface area (Å²) in [6.45, 7) is 0. The van der Waals surface area contributed by atoms with Crippen LogP contribution in [-0.4, -0.2) is 10.2 Å². The van der Waals surface area contributed by atoms with E-state index in [0.29, 0.717) is 0 Å². The van der Waals surface area contributed by atoms with Crippen LogP contribution in [0.2, 0.25) is 0 Å². The Morgan fingerprint density at radius 2 is 0.657 bits per heavy atom. The number of aromatic hydroxyl groups is 2. The molecule has 4 atom stereocenters. The molecule has 6 nitrogen and oxygen atoms in total. The van der Waals surface area contributed by atoms with Gasteiger partial charge in [0.25, 0.3) is 5.79 Å². The maximum Gasteiger partial charge on any atom is 0.296 e. The molecular formula is C64H36O6. The van der Waals surface area contributed by atoms with Crippen LogP contribution in [0.5, 0.6) is 34.5 Å². The highest BCUT2D eigenvalue weighted by Crippen LogP contribution is 2.75. The highest BCUT2D eigenvalue weighted by Gasteiger charge is 2.76. The van der Waals surface area contributed by atoms with Crippen molar-refractivity contribution in [3.8, 4) is 34.5 Å². The second-order valence-electron chi connectivity index (χ2n) is 19.6. The molecule has 12 aromatic rings. The molecule has 0 amide bonds. The third kappa shape index (κ3) is 3.92. The summed E-state index contributed by atoms with van der Waals surface area (Å²) in [7, 11) is 0. The van der Waals surface area contributed by atoms with Gasteiger partial charge in [0, 0.05) is 27.8 Å². The van der Waals surface area contributed by atoms with E-state index in [9.17, 15) is 10.2 Å². The van der Waals surface area contributed by atoms with Gasteiger partial charge in [-0.2, -0.15) is 0 Å². The number of ether oxygens (including phenoxy) is 4. The number of benzene rings is 12. The lowest BCUT2D eigenvalue weighted by molar-refractivity contribution is -0.113. The van der Waals surface area contributed by atoms with Crippen LogP contribution in [0.15, 0.2) is 206 Å². The van der Waals surface area contributed by atoms with Crippen molar-refractivity contribution in [1.29, 1.82) is 0 Å². The van der Waals surface area contributed by atoms with Crippen LogP contribution >= 0.6 is 0 Å². The molecule has 70 heavy (non-hydrogen) atoms. The van der Waals surface area contributed by atoms with E-state index in [1.165, 1.54) is 32.5 Å². The van der Waals surface area contributed by atoms with E-state index in [1.54, 1.807) is 12.1 Å². The summed E-state index contributed by atoms with van der Waals surface area (Å²) in [6.07, 6.45) is 0. The summed E-state index contributed by atoms with van der Waals surface area (Å²) < 4.78 is 28.3. The fourth-order valence-electron chi connectivity index (χ4n) is 14.2. The lowest BCUT2D eigenvalue weighted by Gasteiger charge is -2.34. The summed E-state index contributed by atoms with van der Waals surface area (Å²) in [5.74, 6) is 2.71. The third-order valence-corrected chi connectivity index (χ3v) is 16.5. The van der Waals surface area contributed by atoms with Crippen LogP contribution in [0, 0.1) is 0 Å². The molecule has 12 aromatic carbocycles. The first-order valence-corrected chi connectivity index (χ1v) is 23.8. The van der Waals surface area contributed by atoms with Crippen molar-refractivity contribution < 1.29 is 29.2 Å². The minimum absolute atomic E-state index is 0.231. The third-order valence-electron chi connectivity index (χ3n) is 16.5. The lowest BCUT2D eigenvalue weighted by atomic mass is 9.66. The van der Waals surface area contributed by atoms with Gasteiger partial charge in [0.05, 0.1) is 11.1 Å². The fourth-order valence-corrected chi connectivity index (χ4v) is 14.2. The van der Waals surface area contributed by atoms with Crippen molar-refractivity contribution in [2.75, 3.05) is 0 Å². The van der Waals surface area contributed by atoms with E-state index in [4.69, 9.17) is 18.9 Å². The largest absolute Gasteiger partial charge is 0.508 e. The van der Waals surface area contributed by atoms with Crippen molar-refractivity contribution in [3.05, 3.63) is 251 Å². The van der Waals surface area contributed by atoms with E-state index in [1.807, 2.05) is 24.3 Å². The Hall–Kier alpha value is -9.00. The van der Waals surface area contributed by atoms with E-state index in [2.05, 4.69) is 170 Å². The number of phenols is 2. The average molecular weight is 901 g/mol. The van der Waals surface area contributed by atoms with E-state index in [0.717, 1.165) is 99.6 Å². The maximum absolute atomic E-state index is 10.6. The molecule has 0 saturated heterocycles. The first-order valence-electron chi connectivity index (χ1n) is 23.8. The van der Waals surface area contributed by atoms with Crippen LogP contribution in [0.3, 0.4) is 0 Å². The Morgan fingerprint density at radius 1 is 0.286 bits per heavy atom. The van der Waals surface area contributed by atoms with E-state index < -0.39 is 22.4 Å². The second kappa shape index (κ2) is 12.2. The normalized spacial score (nSPS) is 22.5. The first kappa shape index (κ1) is 37.0. The molecular weight excluding hydrogens is 865 g/mol. The van der Waals surface area contributed by atoms with Crippen LogP contribution in [0.25, 0.3) is 64.6 Å². The Kier molecular flexibility index (Phi) is 6.44. The van der Waals surface area contributed by atoms with Crippen LogP contribution in [-0.2, 0) is 22.4 Å². The van der Waals surface area contributed by atoms with Crippen LogP contribution < -0.4 is 18.9 Å². The van der Waals surface area contributed by atoms with Gasteiger partial charge in [-0.05, 0) is 119 Å². The van der Waals surface area contributed by atoms with Gasteiger partial charge in [-0.25, -0.2) is 0 Å². The van der Waals surface area contributed by atoms with Gasteiger partial charge < -0.3 is 29.2 Å². The van der Waals surface area contributed by atoms with Crippen molar-refractivity contribution in [2.45, 2.75) is 22.4 Å². The molecule has 0 spiro atoms. The Balaban J connectivity index is 0.000000117. The molecule has 4 unspecified atom stereocenters. The summed E-state index contributed by atoms with van der Waals surface area (Å²) in [6, 6.07) is 70.6. The minimum Gasteiger partial charge on any atom is -0.508 e. The zero-order valence-electron chi connectivity index (χ0n) is 37.2. The average Bonchev–Trinajstić information content (AvgIpc) is 4.16. The zero-order valence-corrected chi connectivity index (χ0v) is 37.2. The number of hydrogen-bond donors (Lipinski definition) is 2. The van der Waals surface area contributed by atoms with Gasteiger partial charge in [0.2, 0.25) is 11.2 Å². The molecule has 0 bridgehead atoms. The van der Waals surface area contributed by atoms with E-state index in [-0.39, 0.29) is 11.5 Å². The topological polar surface area (TPSA) is 77.4 Å². The molecule has 6 aliphatic rings. The van der Waals surface area contributed by atoms with Gasteiger partial charge in [-0.1, -0.05) is 158 Å². The van der Waals surface area contributed by atoms with E-state index >= 15 is 0 Å². The van der Waals surface area contributed by atoms with Crippen molar-refractivity contribution >= 4 is 64.6 Å². The monoisotopic (exact) mass is 900 g/mol. The predicted octanol–water partition coefficient (Wildman–Crippen LogP) is 14.3. The molecule has 6 heteroatoms.